The average molecular weight is 416 g/mol. The van der Waals surface area contributed by atoms with E-state index in [0.717, 1.165) is 0 Å². The standard InChI is InChI=1S/C20H20N2O6S/c1-14-3-5-16(29(24,25)22-7-9-27-10-8-22)12-17(14)20(23)28-18-6-4-15(13-21)11-19(18)26-2/h3-6,11-12H,7-10H2,1-2H3. The van der Waals surface area contributed by atoms with E-state index in [0.29, 0.717) is 24.3 Å². The van der Waals surface area contributed by atoms with Gasteiger partial charge in [0.05, 0.1) is 42.4 Å². The maximum atomic E-state index is 12.9. The van der Waals surface area contributed by atoms with Crippen molar-refractivity contribution in [2.24, 2.45) is 0 Å². The number of hydrogen-bond donors (Lipinski definition) is 0. The molecule has 0 bridgehead atoms. The first-order valence-electron chi connectivity index (χ1n) is 8.85. The molecule has 8 nitrogen and oxygen atoms in total. The van der Waals surface area contributed by atoms with Gasteiger partial charge in [0, 0.05) is 19.2 Å². The van der Waals surface area contributed by atoms with Gasteiger partial charge in [-0.1, -0.05) is 6.07 Å². The SMILES string of the molecule is COc1cc(C#N)ccc1OC(=O)c1cc(S(=O)(=O)N2CCOCC2)ccc1C. The zero-order chi connectivity index (χ0) is 21.0. The van der Waals surface area contributed by atoms with Gasteiger partial charge in [-0.3, -0.25) is 0 Å². The summed E-state index contributed by atoms with van der Waals surface area (Å²) in [5.74, 6) is -0.353. The summed E-state index contributed by atoms with van der Waals surface area (Å²) in [6, 6.07) is 10.7. The van der Waals surface area contributed by atoms with Crippen LogP contribution in [0, 0.1) is 18.3 Å². The van der Waals surface area contributed by atoms with Crippen LogP contribution in [0.2, 0.25) is 0 Å². The van der Waals surface area contributed by atoms with Crippen LogP contribution in [0.5, 0.6) is 11.5 Å². The molecule has 9 heteroatoms. The van der Waals surface area contributed by atoms with Crippen molar-refractivity contribution in [1.29, 1.82) is 5.26 Å². The fraction of sp³-hybridized carbons (Fsp3) is 0.300. The lowest BCUT2D eigenvalue weighted by Crippen LogP contribution is -2.40. The molecule has 2 aromatic rings. The number of rotatable bonds is 5. The van der Waals surface area contributed by atoms with Gasteiger partial charge in [-0.25, -0.2) is 13.2 Å². The summed E-state index contributed by atoms with van der Waals surface area (Å²) < 4.78 is 42.9. The van der Waals surface area contributed by atoms with Crippen LogP contribution < -0.4 is 9.47 Å². The van der Waals surface area contributed by atoms with Gasteiger partial charge in [0.25, 0.3) is 0 Å². The quantitative estimate of drug-likeness (QED) is 0.543. The number of hydrogen-bond acceptors (Lipinski definition) is 7. The first-order valence-corrected chi connectivity index (χ1v) is 10.3. The summed E-state index contributed by atoms with van der Waals surface area (Å²) in [5.41, 5.74) is 1.06. The first-order chi connectivity index (χ1) is 13.9. The number of nitrogens with zero attached hydrogens (tertiary/aromatic N) is 2. The topological polar surface area (TPSA) is 106 Å². The van der Waals surface area contributed by atoms with Gasteiger partial charge in [-0.05, 0) is 36.8 Å². The van der Waals surface area contributed by atoms with Crippen molar-refractivity contribution < 1.29 is 27.4 Å². The van der Waals surface area contributed by atoms with Gasteiger partial charge >= 0.3 is 5.97 Å². The normalized spacial score (nSPS) is 14.8. The Labute approximate surface area is 169 Å². The minimum atomic E-state index is -3.74. The lowest BCUT2D eigenvalue weighted by molar-refractivity contribution is 0.0724. The van der Waals surface area contributed by atoms with E-state index in [1.165, 1.54) is 41.7 Å². The third-order valence-corrected chi connectivity index (χ3v) is 6.43. The summed E-state index contributed by atoms with van der Waals surface area (Å²) >= 11 is 0. The Bertz CT molecular complexity index is 1070. The monoisotopic (exact) mass is 416 g/mol. The van der Waals surface area contributed by atoms with Gasteiger partial charge in [-0.15, -0.1) is 0 Å². The van der Waals surface area contributed by atoms with E-state index in [1.807, 2.05) is 6.07 Å². The zero-order valence-corrected chi connectivity index (χ0v) is 16.9. The molecule has 1 aliphatic rings. The van der Waals surface area contributed by atoms with Crippen molar-refractivity contribution in [3.63, 3.8) is 0 Å². The van der Waals surface area contributed by atoms with E-state index in [9.17, 15) is 13.2 Å². The molecule has 0 N–H and O–H groups in total. The van der Waals surface area contributed by atoms with Crippen molar-refractivity contribution in [1.82, 2.24) is 4.31 Å². The summed E-state index contributed by atoms with van der Waals surface area (Å²) in [5, 5.41) is 8.98. The fourth-order valence-electron chi connectivity index (χ4n) is 2.89. The van der Waals surface area contributed by atoms with Crippen LogP contribution in [0.15, 0.2) is 41.3 Å². The van der Waals surface area contributed by atoms with Gasteiger partial charge < -0.3 is 14.2 Å². The molecule has 3 rings (SSSR count). The van der Waals surface area contributed by atoms with Crippen molar-refractivity contribution in [3.8, 4) is 17.6 Å². The number of ether oxygens (including phenoxy) is 3. The van der Waals surface area contributed by atoms with Gasteiger partial charge in [-0.2, -0.15) is 9.57 Å². The molecule has 29 heavy (non-hydrogen) atoms. The Morgan fingerprint density at radius 2 is 1.86 bits per heavy atom. The molecule has 152 valence electrons. The third-order valence-electron chi connectivity index (χ3n) is 4.53. The van der Waals surface area contributed by atoms with E-state index in [1.54, 1.807) is 13.0 Å². The highest BCUT2D eigenvalue weighted by molar-refractivity contribution is 7.89. The molecule has 1 heterocycles. The summed E-state index contributed by atoms with van der Waals surface area (Å²) in [4.78, 5) is 12.8. The molecule has 1 fully saturated rings. The summed E-state index contributed by atoms with van der Waals surface area (Å²) in [7, 11) is -2.35. The minimum absolute atomic E-state index is 0.0174. The molecule has 0 aromatic heterocycles. The Morgan fingerprint density at radius 3 is 2.52 bits per heavy atom. The number of sulfonamides is 1. The maximum Gasteiger partial charge on any atom is 0.343 e. The van der Waals surface area contributed by atoms with Crippen LogP contribution in [0.25, 0.3) is 0 Å². The predicted octanol–water partition coefficient (Wildman–Crippen LogP) is 2.12. The number of esters is 1. The number of morpholine rings is 1. The number of benzene rings is 2. The fourth-order valence-corrected chi connectivity index (χ4v) is 4.33. The second-order valence-corrected chi connectivity index (χ2v) is 8.30. The number of carbonyl (C=O) groups is 1. The van der Waals surface area contributed by atoms with Crippen LogP contribution in [0.4, 0.5) is 0 Å². The van der Waals surface area contributed by atoms with E-state index < -0.39 is 16.0 Å². The van der Waals surface area contributed by atoms with Crippen molar-refractivity contribution >= 4 is 16.0 Å². The Balaban J connectivity index is 1.90. The molecule has 1 saturated heterocycles. The molecule has 0 amide bonds. The Morgan fingerprint density at radius 1 is 1.14 bits per heavy atom. The number of methoxy groups -OCH3 is 1. The first kappa shape index (κ1) is 20.8. The molecule has 0 saturated carbocycles. The van der Waals surface area contributed by atoms with E-state index in [4.69, 9.17) is 19.5 Å². The molecule has 0 radical (unpaired) electrons. The number of nitriles is 1. The average Bonchev–Trinajstić information content (AvgIpc) is 2.74. The number of aryl methyl sites for hydroxylation is 1. The molecule has 0 unspecified atom stereocenters. The van der Waals surface area contributed by atoms with Crippen LogP contribution in [0.1, 0.15) is 21.5 Å². The molecule has 2 aromatic carbocycles. The van der Waals surface area contributed by atoms with E-state index in [2.05, 4.69) is 0 Å². The van der Waals surface area contributed by atoms with Crippen LogP contribution in [-0.4, -0.2) is 52.1 Å². The van der Waals surface area contributed by atoms with Crippen molar-refractivity contribution in [2.45, 2.75) is 11.8 Å². The molecule has 0 aliphatic carbocycles. The van der Waals surface area contributed by atoms with Gasteiger partial charge in [0.2, 0.25) is 10.0 Å². The molecule has 0 atom stereocenters. The largest absolute Gasteiger partial charge is 0.493 e. The molecular weight excluding hydrogens is 396 g/mol. The number of carbonyl (C=O) groups excluding carboxylic acids is 1. The lowest BCUT2D eigenvalue weighted by Gasteiger charge is -2.26. The highest BCUT2D eigenvalue weighted by Crippen LogP contribution is 2.29. The highest BCUT2D eigenvalue weighted by Gasteiger charge is 2.28. The van der Waals surface area contributed by atoms with Crippen LogP contribution >= 0.6 is 0 Å². The molecule has 0 spiro atoms. The molecular formula is C20H20N2O6S. The third kappa shape index (κ3) is 4.40. The highest BCUT2D eigenvalue weighted by atomic mass is 32.2. The lowest BCUT2D eigenvalue weighted by atomic mass is 10.1. The van der Waals surface area contributed by atoms with Gasteiger partial charge in [0.1, 0.15) is 0 Å². The Kier molecular flexibility index (Phi) is 6.17. The van der Waals surface area contributed by atoms with Gasteiger partial charge in [0.15, 0.2) is 11.5 Å². The van der Waals surface area contributed by atoms with Crippen molar-refractivity contribution in [3.05, 3.63) is 53.1 Å². The van der Waals surface area contributed by atoms with Crippen LogP contribution in [0.3, 0.4) is 0 Å². The zero-order valence-electron chi connectivity index (χ0n) is 16.0. The second-order valence-electron chi connectivity index (χ2n) is 6.36. The van der Waals surface area contributed by atoms with Crippen molar-refractivity contribution in [2.75, 3.05) is 33.4 Å². The summed E-state index contributed by atoms with van der Waals surface area (Å²) in [6.45, 7) is 2.88. The minimum Gasteiger partial charge on any atom is -0.493 e. The predicted molar refractivity (Wildman–Crippen MR) is 103 cm³/mol. The van der Waals surface area contributed by atoms with Crippen LogP contribution in [-0.2, 0) is 14.8 Å². The Hall–Kier alpha value is -2.93. The summed E-state index contributed by atoms with van der Waals surface area (Å²) in [6.07, 6.45) is 0. The smallest absolute Gasteiger partial charge is 0.343 e. The second kappa shape index (κ2) is 8.61. The molecule has 1 aliphatic heterocycles. The van der Waals surface area contributed by atoms with E-state index >= 15 is 0 Å². The van der Waals surface area contributed by atoms with E-state index in [-0.39, 0.29) is 35.0 Å². The maximum absolute atomic E-state index is 12.9.